The molecule has 1 aliphatic carbocycles. The molecule has 112 valence electrons. The Morgan fingerprint density at radius 1 is 1.26 bits per heavy atom. The highest BCUT2D eigenvalue weighted by atomic mass is 16.5. The van der Waals surface area contributed by atoms with Crippen LogP contribution in [0.3, 0.4) is 0 Å². The monoisotopic (exact) mass is 268 g/mol. The number of hydrogen-bond acceptors (Lipinski definition) is 3. The van der Waals surface area contributed by atoms with Gasteiger partial charge in [-0.05, 0) is 43.4 Å². The van der Waals surface area contributed by atoms with Gasteiger partial charge in [-0.25, -0.2) is 0 Å². The van der Waals surface area contributed by atoms with Crippen molar-refractivity contribution in [3.8, 4) is 0 Å². The summed E-state index contributed by atoms with van der Waals surface area (Å²) in [6, 6.07) is 0.643. The van der Waals surface area contributed by atoms with E-state index >= 15 is 0 Å². The quantitative estimate of drug-likeness (QED) is 0.824. The molecule has 0 spiro atoms. The fourth-order valence-electron chi connectivity index (χ4n) is 3.75. The van der Waals surface area contributed by atoms with Crippen LogP contribution in [0.15, 0.2) is 0 Å². The molecule has 3 unspecified atom stereocenters. The molecule has 1 aliphatic heterocycles. The number of hydrogen-bond donors (Lipinski definition) is 2. The number of nitrogens with one attached hydrogen (secondary N) is 1. The van der Waals surface area contributed by atoms with Gasteiger partial charge < -0.3 is 15.8 Å². The number of ether oxygens (including phenoxy) is 1. The Balaban J connectivity index is 1.98. The maximum absolute atomic E-state index is 6.13. The molecule has 0 aromatic rings. The molecule has 3 N–H and O–H groups in total. The summed E-state index contributed by atoms with van der Waals surface area (Å²) in [5, 5.41) is 3.92. The molecule has 0 aromatic heterocycles. The van der Waals surface area contributed by atoms with Gasteiger partial charge in [-0.1, -0.05) is 27.7 Å². The summed E-state index contributed by atoms with van der Waals surface area (Å²) in [6.45, 7) is 10.8. The molecule has 2 fully saturated rings. The van der Waals surface area contributed by atoms with Gasteiger partial charge in [0.25, 0.3) is 0 Å². The molecule has 1 saturated heterocycles. The van der Waals surface area contributed by atoms with E-state index in [-0.39, 0.29) is 5.54 Å². The molecule has 0 amide bonds. The predicted octanol–water partition coefficient (Wildman–Crippen LogP) is 2.69. The largest absolute Gasteiger partial charge is 0.378 e. The van der Waals surface area contributed by atoms with Gasteiger partial charge in [0.1, 0.15) is 0 Å². The molecule has 2 aliphatic rings. The number of rotatable bonds is 4. The van der Waals surface area contributed by atoms with Crippen LogP contribution in [0.1, 0.15) is 59.8 Å². The van der Waals surface area contributed by atoms with Crippen LogP contribution in [0, 0.1) is 11.3 Å². The van der Waals surface area contributed by atoms with Gasteiger partial charge in [0.15, 0.2) is 0 Å². The summed E-state index contributed by atoms with van der Waals surface area (Å²) >= 11 is 0. The van der Waals surface area contributed by atoms with E-state index in [0.717, 1.165) is 26.0 Å². The van der Waals surface area contributed by atoms with E-state index < -0.39 is 0 Å². The van der Waals surface area contributed by atoms with Crippen LogP contribution in [0.4, 0.5) is 0 Å². The summed E-state index contributed by atoms with van der Waals surface area (Å²) in [4.78, 5) is 0. The topological polar surface area (TPSA) is 47.3 Å². The van der Waals surface area contributed by atoms with Crippen LogP contribution in [-0.2, 0) is 4.74 Å². The fraction of sp³-hybridized carbons (Fsp3) is 1.00. The average Bonchev–Trinajstić information content (AvgIpc) is 2.68. The zero-order valence-electron chi connectivity index (χ0n) is 13.2. The van der Waals surface area contributed by atoms with Crippen molar-refractivity contribution in [2.24, 2.45) is 17.1 Å². The van der Waals surface area contributed by atoms with Crippen LogP contribution in [0.2, 0.25) is 0 Å². The zero-order valence-corrected chi connectivity index (χ0v) is 13.2. The van der Waals surface area contributed by atoms with E-state index in [1.165, 1.54) is 19.3 Å². The van der Waals surface area contributed by atoms with Gasteiger partial charge in [0.2, 0.25) is 0 Å². The third kappa shape index (κ3) is 3.71. The van der Waals surface area contributed by atoms with Gasteiger partial charge in [-0.3, -0.25) is 0 Å². The standard InChI is InChI=1S/C16H32N2O/c1-12(2)14-10-16(11-17,7-8-19-14)18-13-5-6-15(3,4)9-13/h12-14,18H,5-11,17H2,1-4H3. The molecule has 0 aromatic carbocycles. The second-order valence-electron chi connectivity index (χ2n) is 7.84. The zero-order chi connectivity index (χ0) is 14.1. The first-order valence-corrected chi connectivity index (χ1v) is 7.95. The van der Waals surface area contributed by atoms with Crippen molar-refractivity contribution in [3.63, 3.8) is 0 Å². The van der Waals surface area contributed by atoms with Crippen molar-refractivity contribution < 1.29 is 4.74 Å². The van der Waals surface area contributed by atoms with E-state index in [2.05, 4.69) is 33.0 Å². The molecule has 1 saturated carbocycles. The highest BCUT2D eigenvalue weighted by Crippen LogP contribution is 2.39. The van der Waals surface area contributed by atoms with Crippen LogP contribution in [-0.4, -0.2) is 30.8 Å². The normalized spacial score (nSPS) is 38.8. The van der Waals surface area contributed by atoms with Gasteiger partial charge in [-0.2, -0.15) is 0 Å². The van der Waals surface area contributed by atoms with Gasteiger partial charge in [-0.15, -0.1) is 0 Å². The van der Waals surface area contributed by atoms with Crippen LogP contribution < -0.4 is 11.1 Å². The molecular weight excluding hydrogens is 236 g/mol. The molecule has 2 rings (SSSR count). The Labute approximate surface area is 118 Å². The average molecular weight is 268 g/mol. The Hall–Kier alpha value is -0.120. The van der Waals surface area contributed by atoms with Crippen molar-refractivity contribution in [3.05, 3.63) is 0 Å². The first kappa shape index (κ1) is 15.3. The van der Waals surface area contributed by atoms with E-state index in [1.807, 2.05) is 0 Å². The van der Waals surface area contributed by atoms with Crippen molar-refractivity contribution in [1.82, 2.24) is 5.32 Å². The minimum absolute atomic E-state index is 0.109. The molecule has 0 radical (unpaired) electrons. The summed E-state index contributed by atoms with van der Waals surface area (Å²) in [5.74, 6) is 0.577. The van der Waals surface area contributed by atoms with E-state index in [1.54, 1.807) is 0 Å². The van der Waals surface area contributed by atoms with Crippen LogP contribution >= 0.6 is 0 Å². The molecular formula is C16H32N2O. The minimum Gasteiger partial charge on any atom is -0.378 e. The molecule has 3 nitrogen and oxygen atoms in total. The molecule has 19 heavy (non-hydrogen) atoms. The van der Waals surface area contributed by atoms with Crippen molar-refractivity contribution >= 4 is 0 Å². The molecule has 3 atom stereocenters. The van der Waals surface area contributed by atoms with E-state index in [0.29, 0.717) is 23.5 Å². The fourth-order valence-corrected chi connectivity index (χ4v) is 3.75. The lowest BCUT2D eigenvalue weighted by atomic mass is 9.82. The maximum atomic E-state index is 6.13. The van der Waals surface area contributed by atoms with E-state index in [9.17, 15) is 0 Å². The third-order valence-corrected chi connectivity index (χ3v) is 5.12. The third-order valence-electron chi connectivity index (χ3n) is 5.12. The summed E-state index contributed by atoms with van der Waals surface area (Å²) < 4.78 is 5.91. The summed E-state index contributed by atoms with van der Waals surface area (Å²) in [5.41, 5.74) is 6.73. The van der Waals surface area contributed by atoms with E-state index in [4.69, 9.17) is 10.5 Å². The summed E-state index contributed by atoms with van der Waals surface area (Å²) in [6.07, 6.45) is 6.39. The Bertz CT molecular complexity index is 303. The maximum Gasteiger partial charge on any atom is 0.0616 e. The molecule has 0 bridgehead atoms. The van der Waals surface area contributed by atoms with Crippen molar-refractivity contribution in [1.29, 1.82) is 0 Å². The lowest BCUT2D eigenvalue weighted by molar-refractivity contribution is -0.0519. The Morgan fingerprint density at radius 3 is 2.53 bits per heavy atom. The highest BCUT2D eigenvalue weighted by Gasteiger charge is 2.41. The van der Waals surface area contributed by atoms with Gasteiger partial charge in [0.05, 0.1) is 6.10 Å². The predicted molar refractivity (Wildman–Crippen MR) is 80.2 cm³/mol. The van der Waals surface area contributed by atoms with Crippen LogP contribution in [0.5, 0.6) is 0 Å². The highest BCUT2D eigenvalue weighted by molar-refractivity contribution is 4.99. The molecule has 1 heterocycles. The number of nitrogens with two attached hydrogens (primary N) is 1. The van der Waals surface area contributed by atoms with Crippen LogP contribution in [0.25, 0.3) is 0 Å². The smallest absolute Gasteiger partial charge is 0.0616 e. The second kappa shape index (κ2) is 5.71. The SMILES string of the molecule is CC(C)C1CC(CN)(NC2CCC(C)(C)C2)CCO1. The second-order valence-corrected chi connectivity index (χ2v) is 7.84. The lowest BCUT2D eigenvalue weighted by Crippen LogP contribution is -2.59. The Kier molecular flexibility index (Phi) is 4.59. The van der Waals surface area contributed by atoms with Crippen molar-refractivity contribution in [2.45, 2.75) is 77.5 Å². The van der Waals surface area contributed by atoms with Crippen molar-refractivity contribution in [2.75, 3.05) is 13.2 Å². The van der Waals surface area contributed by atoms with Gasteiger partial charge >= 0.3 is 0 Å². The van der Waals surface area contributed by atoms with Gasteiger partial charge in [0, 0.05) is 24.7 Å². The lowest BCUT2D eigenvalue weighted by Gasteiger charge is -2.44. The Morgan fingerprint density at radius 2 is 2.00 bits per heavy atom. The first-order valence-electron chi connectivity index (χ1n) is 7.95. The molecule has 3 heteroatoms. The minimum atomic E-state index is 0.109. The summed E-state index contributed by atoms with van der Waals surface area (Å²) in [7, 11) is 0. The first-order chi connectivity index (χ1) is 8.86.